The van der Waals surface area contributed by atoms with Crippen LogP contribution < -0.4 is 4.74 Å². The van der Waals surface area contributed by atoms with Crippen LogP contribution in [0, 0.1) is 11.8 Å². The van der Waals surface area contributed by atoms with E-state index in [4.69, 9.17) is 9.84 Å². The lowest BCUT2D eigenvalue weighted by atomic mass is 9.74. The molecule has 1 saturated carbocycles. The summed E-state index contributed by atoms with van der Waals surface area (Å²) in [6.07, 6.45) is 1.14. The molecule has 0 amide bonds. The number of carbonyl (C=O) groups excluding carboxylic acids is 1. The second-order valence-corrected chi connectivity index (χ2v) is 4.92. The van der Waals surface area contributed by atoms with Gasteiger partial charge in [0.25, 0.3) is 0 Å². The summed E-state index contributed by atoms with van der Waals surface area (Å²) in [5, 5.41) is 8.84. The average molecular weight is 299 g/mol. The number of hydrogen-bond acceptors (Lipinski definition) is 3. The van der Waals surface area contributed by atoms with E-state index in [1.54, 1.807) is 24.3 Å². The van der Waals surface area contributed by atoms with E-state index < -0.39 is 23.8 Å². The van der Waals surface area contributed by atoms with E-state index in [9.17, 15) is 9.59 Å². The van der Waals surface area contributed by atoms with Gasteiger partial charge in [0.2, 0.25) is 0 Å². The zero-order chi connectivity index (χ0) is 12.4. The second-order valence-electron chi connectivity index (χ2n) is 4.00. The minimum absolute atomic E-state index is 0.439. The Balaban J connectivity index is 1.98. The monoisotopic (exact) mass is 298 g/mol. The number of carboxylic acid groups (broad SMARTS) is 1. The molecular weight excluding hydrogens is 288 g/mol. The van der Waals surface area contributed by atoms with Crippen molar-refractivity contribution in [1.29, 1.82) is 0 Å². The van der Waals surface area contributed by atoms with Gasteiger partial charge in [0.05, 0.1) is 11.8 Å². The number of hydrogen-bond donors (Lipinski definition) is 1. The molecule has 0 radical (unpaired) electrons. The van der Waals surface area contributed by atoms with Crippen LogP contribution in [0.25, 0.3) is 0 Å². The van der Waals surface area contributed by atoms with E-state index in [0.29, 0.717) is 18.6 Å². The van der Waals surface area contributed by atoms with Gasteiger partial charge in [0.1, 0.15) is 5.75 Å². The molecule has 0 saturated heterocycles. The maximum Gasteiger partial charge on any atom is 0.315 e. The lowest BCUT2D eigenvalue weighted by Crippen LogP contribution is -2.40. The zero-order valence-electron chi connectivity index (χ0n) is 8.93. The normalized spacial score (nSPS) is 22.6. The van der Waals surface area contributed by atoms with Gasteiger partial charge in [-0.25, -0.2) is 0 Å². The second kappa shape index (κ2) is 4.87. The number of esters is 1. The fraction of sp³-hybridized carbons (Fsp3) is 0.333. The number of rotatable bonds is 3. The van der Waals surface area contributed by atoms with E-state index in [2.05, 4.69) is 15.9 Å². The minimum atomic E-state index is -0.922. The topological polar surface area (TPSA) is 63.6 Å². The molecule has 2 atom stereocenters. The Kier molecular flexibility index (Phi) is 3.47. The summed E-state index contributed by atoms with van der Waals surface area (Å²) in [5.41, 5.74) is 0. The third-order valence-corrected chi connectivity index (χ3v) is 3.46. The third-order valence-electron chi connectivity index (χ3n) is 2.93. The van der Waals surface area contributed by atoms with E-state index in [-0.39, 0.29) is 0 Å². The Labute approximate surface area is 107 Å². The SMILES string of the molecule is O=C(O)C1CCC1C(=O)Oc1ccc(Br)cc1. The van der Waals surface area contributed by atoms with Gasteiger partial charge >= 0.3 is 11.9 Å². The Bertz CT molecular complexity index is 440. The lowest BCUT2D eigenvalue weighted by molar-refractivity contribution is -0.158. The molecule has 0 aromatic heterocycles. The molecule has 5 heteroatoms. The molecule has 90 valence electrons. The van der Waals surface area contributed by atoms with Crippen LogP contribution in [-0.4, -0.2) is 17.0 Å². The van der Waals surface area contributed by atoms with Crippen molar-refractivity contribution in [3.8, 4) is 5.75 Å². The fourth-order valence-corrected chi connectivity index (χ4v) is 2.04. The quantitative estimate of drug-likeness (QED) is 0.688. The first kappa shape index (κ1) is 12.1. The smallest absolute Gasteiger partial charge is 0.315 e. The molecule has 4 nitrogen and oxygen atoms in total. The van der Waals surface area contributed by atoms with Crippen molar-refractivity contribution in [2.75, 3.05) is 0 Å². The van der Waals surface area contributed by atoms with Crippen molar-refractivity contribution in [3.63, 3.8) is 0 Å². The van der Waals surface area contributed by atoms with Gasteiger partial charge in [-0.05, 0) is 37.1 Å². The summed E-state index contributed by atoms with van der Waals surface area (Å²) >= 11 is 3.28. The van der Waals surface area contributed by atoms with Gasteiger partial charge in [0, 0.05) is 4.47 Å². The molecular formula is C12H11BrO4. The Morgan fingerprint density at radius 1 is 1.18 bits per heavy atom. The van der Waals surface area contributed by atoms with Gasteiger partial charge in [-0.1, -0.05) is 15.9 Å². The largest absolute Gasteiger partial charge is 0.481 e. The summed E-state index contributed by atoms with van der Waals surface area (Å²) in [4.78, 5) is 22.5. The molecule has 0 heterocycles. The van der Waals surface area contributed by atoms with Crippen LogP contribution in [0.3, 0.4) is 0 Å². The van der Waals surface area contributed by atoms with Crippen molar-refractivity contribution in [3.05, 3.63) is 28.7 Å². The summed E-state index contributed by atoms with van der Waals surface area (Å²) in [7, 11) is 0. The highest BCUT2D eigenvalue weighted by molar-refractivity contribution is 9.10. The van der Waals surface area contributed by atoms with Crippen LogP contribution in [0.2, 0.25) is 0 Å². The highest BCUT2D eigenvalue weighted by Gasteiger charge is 2.42. The zero-order valence-corrected chi connectivity index (χ0v) is 10.5. The van der Waals surface area contributed by atoms with Gasteiger partial charge < -0.3 is 9.84 Å². The molecule has 0 bridgehead atoms. The highest BCUT2D eigenvalue weighted by Crippen LogP contribution is 2.35. The van der Waals surface area contributed by atoms with Gasteiger partial charge in [-0.15, -0.1) is 0 Å². The van der Waals surface area contributed by atoms with Crippen molar-refractivity contribution in [2.45, 2.75) is 12.8 Å². The maximum absolute atomic E-state index is 11.7. The standard InChI is InChI=1S/C12H11BrO4/c13-7-1-3-8(4-2-7)17-12(16)10-6-5-9(10)11(14)15/h1-4,9-10H,5-6H2,(H,14,15). The van der Waals surface area contributed by atoms with Crippen LogP contribution in [0.5, 0.6) is 5.75 Å². The fourth-order valence-electron chi connectivity index (χ4n) is 1.77. The number of ether oxygens (including phenoxy) is 1. The summed E-state index contributed by atoms with van der Waals surface area (Å²) in [6, 6.07) is 6.85. The average Bonchev–Trinajstić information content (AvgIpc) is 2.18. The van der Waals surface area contributed by atoms with Gasteiger partial charge in [0.15, 0.2) is 0 Å². The first-order valence-electron chi connectivity index (χ1n) is 5.28. The number of halogens is 1. The molecule has 0 aliphatic heterocycles. The molecule has 17 heavy (non-hydrogen) atoms. The van der Waals surface area contributed by atoms with Crippen molar-refractivity contribution in [1.82, 2.24) is 0 Å². The number of carboxylic acids is 1. The maximum atomic E-state index is 11.7. The van der Waals surface area contributed by atoms with Crippen LogP contribution in [0.4, 0.5) is 0 Å². The number of aliphatic carboxylic acids is 1. The molecule has 2 unspecified atom stereocenters. The van der Waals surface area contributed by atoms with Crippen LogP contribution in [-0.2, 0) is 9.59 Å². The molecule has 1 aliphatic carbocycles. The Morgan fingerprint density at radius 3 is 2.24 bits per heavy atom. The van der Waals surface area contributed by atoms with Gasteiger partial charge in [-0.3, -0.25) is 9.59 Å². The summed E-state index contributed by atoms with van der Waals surface area (Å²) < 4.78 is 6.02. The first-order valence-corrected chi connectivity index (χ1v) is 6.07. The summed E-state index contributed by atoms with van der Waals surface area (Å²) in [6.45, 7) is 0. The van der Waals surface area contributed by atoms with Crippen LogP contribution in [0.15, 0.2) is 28.7 Å². The van der Waals surface area contributed by atoms with Gasteiger partial charge in [-0.2, -0.15) is 0 Å². The van der Waals surface area contributed by atoms with Crippen molar-refractivity contribution in [2.24, 2.45) is 11.8 Å². The number of carbonyl (C=O) groups is 2. The van der Waals surface area contributed by atoms with E-state index >= 15 is 0 Å². The minimum Gasteiger partial charge on any atom is -0.481 e. The van der Waals surface area contributed by atoms with E-state index in [1.165, 1.54) is 0 Å². The number of benzene rings is 1. The molecule has 1 aromatic rings. The van der Waals surface area contributed by atoms with Crippen LogP contribution >= 0.6 is 15.9 Å². The van der Waals surface area contributed by atoms with E-state index in [0.717, 1.165) is 4.47 Å². The third kappa shape index (κ3) is 2.66. The lowest BCUT2D eigenvalue weighted by Gasteiger charge is -2.30. The molecule has 1 N–H and O–H groups in total. The highest BCUT2D eigenvalue weighted by atomic mass is 79.9. The van der Waals surface area contributed by atoms with Crippen LogP contribution in [0.1, 0.15) is 12.8 Å². The Hall–Kier alpha value is -1.36. The molecule has 1 aliphatic rings. The van der Waals surface area contributed by atoms with Crippen molar-refractivity contribution >= 4 is 27.9 Å². The Morgan fingerprint density at radius 2 is 1.76 bits per heavy atom. The van der Waals surface area contributed by atoms with E-state index in [1.807, 2.05) is 0 Å². The predicted octanol–water partition coefficient (Wildman–Crippen LogP) is 2.47. The predicted molar refractivity (Wildman–Crippen MR) is 63.6 cm³/mol. The first-order chi connectivity index (χ1) is 8.08. The molecule has 1 aromatic carbocycles. The summed E-state index contributed by atoms with van der Waals surface area (Å²) in [5.74, 6) is -2.02. The molecule has 2 rings (SSSR count). The molecule has 0 spiro atoms. The molecule has 1 fully saturated rings. The van der Waals surface area contributed by atoms with Crippen molar-refractivity contribution < 1.29 is 19.4 Å².